The summed E-state index contributed by atoms with van der Waals surface area (Å²) in [5.41, 5.74) is 6.21. The van der Waals surface area contributed by atoms with Crippen LogP contribution < -0.4 is 0 Å². The highest BCUT2D eigenvalue weighted by atomic mass is 16.1. The van der Waals surface area contributed by atoms with E-state index in [1.54, 1.807) is 11.1 Å². The molecule has 1 heteroatoms. The monoisotopic (exact) mass is 266 g/mol. The zero-order chi connectivity index (χ0) is 13.7. The Balaban J connectivity index is 1.91. The van der Waals surface area contributed by atoms with Crippen LogP contribution >= 0.6 is 0 Å². The van der Waals surface area contributed by atoms with Crippen molar-refractivity contribution in [2.45, 2.75) is 57.3 Å². The lowest BCUT2D eigenvalue weighted by Gasteiger charge is -2.42. The normalized spacial score (nSPS) is 30.8. The molecule has 4 rings (SSSR count). The van der Waals surface area contributed by atoms with Crippen LogP contribution in [0.15, 0.2) is 29.8 Å². The Morgan fingerprint density at radius 1 is 1.30 bits per heavy atom. The highest BCUT2D eigenvalue weighted by molar-refractivity contribution is 5.86. The standard InChI is InChI=1S/C19H22O/c1-2-4-14-5-3-6-15-10-17(20)12-19(18(14)15)11-13-7-8-16(19)9-13/h3,5-7,16H,2,4,8-12H2,1H3. The Labute approximate surface area is 121 Å². The van der Waals surface area contributed by atoms with E-state index in [0.29, 0.717) is 18.1 Å². The molecule has 3 aliphatic rings. The van der Waals surface area contributed by atoms with E-state index < -0.39 is 0 Å². The lowest BCUT2D eigenvalue weighted by Crippen LogP contribution is -2.40. The van der Waals surface area contributed by atoms with Crippen LogP contribution in [0.4, 0.5) is 0 Å². The first-order valence-corrected chi connectivity index (χ1v) is 8.04. The number of benzene rings is 1. The minimum Gasteiger partial charge on any atom is -0.299 e. The Kier molecular flexibility index (Phi) is 2.67. The first kappa shape index (κ1) is 12.4. The highest BCUT2D eigenvalue weighted by Gasteiger charge is 2.52. The number of hydrogen-bond donors (Lipinski definition) is 0. The summed E-state index contributed by atoms with van der Waals surface area (Å²) in [6.45, 7) is 2.25. The Bertz CT molecular complexity index is 610. The van der Waals surface area contributed by atoms with Crippen LogP contribution in [0.1, 0.15) is 55.7 Å². The first-order valence-electron chi connectivity index (χ1n) is 8.04. The molecular formula is C19H22O. The summed E-state index contributed by atoms with van der Waals surface area (Å²) in [5.74, 6) is 1.15. The van der Waals surface area contributed by atoms with E-state index in [4.69, 9.17) is 0 Å². The third-order valence-corrected chi connectivity index (χ3v) is 5.68. The van der Waals surface area contributed by atoms with Crippen molar-refractivity contribution in [3.8, 4) is 0 Å². The molecular weight excluding hydrogens is 244 g/mol. The van der Waals surface area contributed by atoms with E-state index in [-0.39, 0.29) is 5.41 Å². The summed E-state index contributed by atoms with van der Waals surface area (Å²) in [7, 11) is 0. The van der Waals surface area contributed by atoms with Crippen LogP contribution in [0.2, 0.25) is 0 Å². The maximum Gasteiger partial charge on any atom is 0.138 e. The number of Topliss-reactive ketones (excluding diaryl/α,β-unsaturated/α-hetero) is 1. The quantitative estimate of drug-likeness (QED) is 0.735. The summed E-state index contributed by atoms with van der Waals surface area (Å²) < 4.78 is 0. The van der Waals surface area contributed by atoms with Gasteiger partial charge in [0.25, 0.3) is 0 Å². The lowest BCUT2D eigenvalue weighted by atomic mass is 9.61. The molecule has 1 aromatic carbocycles. The minimum atomic E-state index is 0.167. The van der Waals surface area contributed by atoms with Crippen molar-refractivity contribution in [1.29, 1.82) is 0 Å². The van der Waals surface area contributed by atoms with Crippen molar-refractivity contribution in [3.05, 3.63) is 46.5 Å². The summed E-state index contributed by atoms with van der Waals surface area (Å²) >= 11 is 0. The summed E-state index contributed by atoms with van der Waals surface area (Å²) in [6.07, 6.45) is 9.83. The summed E-state index contributed by atoms with van der Waals surface area (Å²) in [6, 6.07) is 6.66. The van der Waals surface area contributed by atoms with E-state index >= 15 is 0 Å². The topological polar surface area (TPSA) is 17.1 Å². The molecule has 1 nitrogen and oxygen atoms in total. The van der Waals surface area contributed by atoms with Crippen molar-refractivity contribution < 1.29 is 4.79 Å². The molecule has 2 atom stereocenters. The molecule has 0 amide bonds. The van der Waals surface area contributed by atoms with Gasteiger partial charge < -0.3 is 0 Å². The van der Waals surface area contributed by atoms with Gasteiger partial charge in [0.15, 0.2) is 0 Å². The second-order valence-corrected chi connectivity index (χ2v) is 6.93. The van der Waals surface area contributed by atoms with Crippen LogP contribution in [-0.2, 0) is 23.1 Å². The molecule has 2 unspecified atom stereocenters. The molecule has 1 spiro atoms. The third kappa shape index (κ3) is 1.58. The molecule has 2 bridgehead atoms. The van der Waals surface area contributed by atoms with Crippen LogP contribution in [0.5, 0.6) is 0 Å². The van der Waals surface area contributed by atoms with Gasteiger partial charge in [-0.1, -0.05) is 43.2 Å². The van der Waals surface area contributed by atoms with Gasteiger partial charge >= 0.3 is 0 Å². The zero-order valence-electron chi connectivity index (χ0n) is 12.2. The van der Waals surface area contributed by atoms with Gasteiger partial charge in [0.2, 0.25) is 0 Å². The molecule has 0 aromatic heterocycles. The molecule has 0 N–H and O–H groups in total. The largest absolute Gasteiger partial charge is 0.299 e. The number of carbonyl (C=O) groups excluding carboxylic acids is 1. The van der Waals surface area contributed by atoms with Crippen molar-refractivity contribution in [2.24, 2.45) is 5.92 Å². The minimum absolute atomic E-state index is 0.167. The number of allylic oxidation sites excluding steroid dienone is 2. The number of fused-ring (bicyclic) bond motifs is 5. The predicted molar refractivity (Wildman–Crippen MR) is 80.9 cm³/mol. The number of carbonyl (C=O) groups is 1. The van der Waals surface area contributed by atoms with Crippen LogP contribution in [0, 0.1) is 5.92 Å². The molecule has 104 valence electrons. The average molecular weight is 266 g/mol. The second kappa shape index (κ2) is 4.31. The van der Waals surface area contributed by atoms with Crippen molar-refractivity contribution in [1.82, 2.24) is 0 Å². The second-order valence-electron chi connectivity index (χ2n) is 6.93. The first-order chi connectivity index (χ1) is 9.73. The van der Waals surface area contributed by atoms with E-state index in [1.165, 1.54) is 30.4 Å². The maximum atomic E-state index is 12.3. The highest BCUT2D eigenvalue weighted by Crippen LogP contribution is 2.58. The summed E-state index contributed by atoms with van der Waals surface area (Å²) in [5, 5.41) is 0. The van der Waals surface area contributed by atoms with Crippen molar-refractivity contribution in [2.75, 3.05) is 0 Å². The summed E-state index contributed by atoms with van der Waals surface area (Å²) in [4.78, 5) is 12.3. The molecule has 3 aliphatic carbocycles. The smallest absolute Gasteiger partial charge is 0.138 e. The molecule has 20 heavy (non-hydrogen) atoms. The fraction of sp³-hybridized carbons (Fsp3) is 0.526. The van der Waals surface area contributed by atoms with Gasteiger partial charge in [-0.2, -0.15) is 0 Å². The third-order valence-electron chi connectivity index (χ3n) is 5.68. The van der Waals surface area contributed by atoms with Crippen LogP contribution in [0.3, 0.4) is 0 Å². The van der Waals surface area contributed by atoms with E-state index in [2.05, 4.69) is 31.2 Å². The van der Waals surface area contributed by atoms with Gasteiger partial charge in [-0.3, -0.25) is 4.79 Å². The molecule has 1 fully saturated rings. The molecule has 0 radical (unpaired) electrons. The van der Waals surface area contributed by atoms with Gasteiger partial charge in [-0.25, -0.2) is 0 Å². The SMILES string of the molecule is CCCc1cccc2c1C1(CC(=O)C2)CC2=CCC1C2. The number of ketones is 1. The average Bonchev–Trinajstić information content (AvgIpc) is 2.99. The molecule has 0 heterocycles. The number of rotatable bonds is 2. The van der Waals surface area contributed by atoms with Gasteiger partial charge in [-0.15, -0.1) is 0 Å². The molecule has 0 saturated heterocycles. The van der Waals surface area contributed by atoms with E-state index in [0.717, 1.165) is 19.3 Å². The maximum absolute atomic E-state index is 12.3. The molecule has 1 saturated carbocycles. The van der Waals surface area contributed by atoms with E-state index in [9.17, 15) is 4.79 Å². The Morgan fingerprint density at radius 3 is 2.90 bits per heavy atom. The fourth-order valence-electron chi connectivity index (χ4n) is 5.04. The molecule has 1 aromatic rings. The Hall–Kier alpha value is -1.37. The zero-order valence-corrected chi connectivity index (χ0v) is 12.2. The number of aryl methyl sites for hydroxylation is 1. The molecule has 0 aliphatic heterocycles. The van der Waals surface area contributed by atoms with Crippen LogP contribution in [0.25, 0.3) is 0 Å². The van der Waals surface area contributed by atoms with Crippen molar-refractivity contribution >= 4 is 5.78 Å². The van der Waals surface area contributed by atoms with E-state index in [1.807, 2.05) is 0 Å². The fourth-order valence-corrected chi connectivity index (χ4v) is 5.04. The number of hydrogen-bond acceptors (Lipinski definition) is 1. The van der Waals surface area contributed by atoms with Crippen LogP contribution in [-0.4, -0.2) is 5.78 Å². The lowest BCUT2D eigenvalue weighted by molar-refractivity contribution is -0.120. The van der Waals surface area contributed by atoms with Crippen molar-refractivity contribution in [3.63, 3.8) is 0 Å². The van der Waals surface area contributed by atoms with Gasteiger partial charge in [0.05, 0.1) is 0 Å². The van der Waals surface area contributed by atoms with Gasteiger partial charge in [0, 0.05) is 18.3 Å². The predicted octanol–water partition coefficient (Wildman–Crippen LogP) is 4.13. The van der Waals surface area contributed by atoms with Gasteiger partial charge in [-0.05, 0) is 48.3 Å². The van der Waals surface area contributed by atoms with Gasteiger partial charge in [0.1, 0.15) is 5.78 Å². The Morgan fingerprint density at radius 2 is 2.20 bits per heavy atom.